The average molecular weight is 346 g/mol. The molecule has 0 radical (unpaired) electrons. The van der Waals surface area contributed by atoms with Gasteiger partial charge in [-0.25, -0.2) is 4.68 Å². The van der Waals surface area contributed by atoms with Crippen LogP contribution in [0.2, 0.25) is 0 Å². The smallest absolute Gasteiger partial charge is 0.276 e. The molecule has 26 heavy (non-hydrogen) atoms. The van der Waals surface area contributed by atoms with Gasteiger partial charge in [0.1, 0.15) is 0 Å². The van der Waals surface area contributed by atoms with Gasteiger partial charge in [-0.1, -0.05) is 65.9 Å². The molecule has 1 fully saturated rings. The molecule has 0 atom stereocenters. The van der Waals surface area contributed by atoms with Crippen LogP contribution < -0.4 is 0 Å². The standard InChI is InChI=1S/C21H22N4O/c26-21(20-16-25(23-22-20)15-17-7-3-1-4-8-17)24-13-11-19(12-14-24)18-9-5-2-6-10-18/h1-10,16,19H,11-15H2. The molecule has 0 saturated carbocycles. The van der Waals surface area contributed by atoms with Gasteiger partial charge in [-0.3, -0.25) is 4.79 Å². The number of carbonyl (C=O) groups excluding carboxylic acids is 1. The second-order valence-corrected chi connectivity index (χ2v) is 6.76. The van der Waals surface area contributed by atoms with E-state index in [4.69, 9.17) is 0 Å². The second kappa shape index (κ2) is 7.52. The summed E-state index contributed by atoms with van der Waals surface area (Å²) >= 11 is 0. The van der Waals surface area contributed by atoms with E-state index >= 15 is 0 Å². The van der Waals surface area contributed by atoms with Crippen LogP contribution >= 0.6 is 0 Å². The molecule has 5 heteroatoms. The summed E-state index contributed by atoms with van der Waals surface area (Å²) in [4.78, 5) is 14.6. The normalized spacial score (nSPS) is 15.2. The Hall–Kier alpha value is -2.95. The Bertz CT molecular complexity index is 852. The van der Waals surface area contributed by atoms with Gasteiger partial charge in [-0.15, -0.1) is 5.10 Å². The number of likely N-dealkylation sites (tertiary alicyclic amines) is 1. The number of benzene rings is 2. The third kappa shape index (κ3) is 3.67. The number of amides is 1. The molecule has 5 nitrogen and oxygen atoms in total. The van der Waals surface area contributed by atoms with Crippen LogP contribution in [0.3, 0.4) is 0 Å². The van der Waals surface area contributed by atoms with Crippen LogP contribution in [0.5, 0.6) is 0 Å². The van der Waals surface area contributed by atoms with Crippen molar-refractivity contribution in [3.63, 3.8) is 0 Å². The van der Waals surface area contributed by atoms with Crippen molar-refractivity contribution in [1.82, 2.24) is 19.9 Å². The predicted octanol–water partition coefficient (Wildman–Crippen LogP) is 3.35. The summed E-state index contributed by atoms with van der Waals surface area (Å²) in [5, 5.41) is 8.20. The number of hydrogen-bond acceptors (Lipinski definition) is 3. The molecular weight excluding hydrogens is 324 g/mol. The minimum atomic E-state index is -0.0178. The molecule has 1 aliphatic rings. The second-order valence-electron chi connectivity index (χ2n) is 6.76. The Labute approximate surface area is 153 Å². The third-order valence-corrected chi connectivity index (χ3v) is 5.00. The van der Waals surface area contributed by atoms with Gasteiger partial charge in [-0.2, -0.15) is 0 Å². The van der Waals surface area contributed by atoms with E-state index in [-0.39, 0.29) is 5.91 Å². The van der Waals surface area contributed by atoms with Gasteiger partial charge in [0.05, 0.1) is 12.7 Å². The van der Waals surface area contributed by atoms with Gasteiger partial charge in [0.25, 0.3) is 5.91 Å². The van der Waals surface area contributed by atoms with E-state index in [0.29, 0.717) is 18.2 Å². The van der Waals surface area contributed by atoms with Crippen molar-refractivity contribution in [1.29, 1.82) is 0 Å². The summed E-state index contributed by atoms with van der Waals surface area (Å²) in [5.41, 5.74) is 2.94. The molecule has 0 bridgehead atoms. The highest BCUT2D eigenvalue weighted by Gasteiger charge is 2.26. The number of carbonyl (C=O) groups is 1. The lowest BCUT2D eigenvalue weighted by atomic mass is 9.89. The van der Waals surface area contributed by atoms with Crippen LogP contribution in [0.1, 0.15) is 40.4 Å². The fourth-order valence-electron chi connectivity index (χ4n) is 3.55. The first kappa shape index (κ1) is 16.5. The lowest BCUT2D eigenvalue weighted by Gasteiger charge is -2.31. The maximum atomic E-state index is 12.7. The quantitative estimate of drug-likeness (QED) is 0.728. The molecule has 0 N–H and O–H groups in total. The van der Waals surface area contributed by atoms with Gasteiger partial charge >= 0.3 is 0 Å². The highest BCUT2D eigenvalue weighted by Crippen LogP contribution is 2.28. The molecule has 2 heterocycles. The minimum absolute atomic E-state index is 0.0178. The van der Waals surface area contributed by atoms with Crippen LogP contribution in [0, 0.1) is 0 Å². The molecule has 132 valence electrons. The van der Waals surface area contributed by atoms with Crippen molar-refractivity contribution in [2.75, 3.05) is 13.1 Å². The van der Waals surface area contributed by atoms with Crippen molar-refractivity contribution in [3.05, 3.63) is 83.7 Å². The molecule has 1 aliphatic heterocycles. The summed E-state index contributed by atoms with van der Waals surface area (Å²) in [6.45, 7) is 2.16. The molecule has 0 aliphatic carbocycles. The van der Waals surface area contributed by atoms with Gasteiger partial charge in [0.2, 0.25) is 0 Å². The lowest BCUT2D eigenvalue weighted by molar-refractivity contribution is 0.0707. The summed E-state index contributed by atoms with van der Waals surface area (Å²) in [6, 6.07) is 20.6. The summed E-state index contributed by atoms with van der Waals surface area (Å²) < 4.78 is 1.72. The molecule has 2 aromatic carbocycles. The zero-order chi connectivity index (χ0) is 17.8. The largest absolute Gasteiger partial charge is 0.337 e. The Kier molecular flexibility index (Phi) is 4.78. The summed E-state index contributed by atoms with van der Waals surface area (Å²) in [5.74, 6) is 0.518. The molecule has 0 spiro atoms. The molecule has 4 rings (SSSR count). The highest BCUT2D eigenvalue weighted by molar-refractivity contribution is 5.92. The van der Waals surface area contributed by atoms with Crippen molar-refractivity contribution >= 4 is 5.91 Å². The van der Waals surface area contributed by atoms with Crippen molar-refractivity contribution in [2.24, 2.45) is 0 Å². The van der Waals surface area contributed by atoms with E-state index in [1.165, 1.54) is 5.56 Å². The first-order valence-corrected chi connectivity index (χ1v) is 9.08. The monoisotopic (exact) mass is 346 g/mol. The Balaban J connectivity index is 1.37. The van der Waals surface area contributed by atoms with Gasteiger partial charge in [-0.05, 0) is 29.9 Å². The van der Waals surface area contributed by atoms with E-state index in [0.717, 1.165) is 31.5 Å². The number of nitrogens with zero attached hydrogens (tertiary/aromatic N) is 4. The van der Waals surface area contributed by atoms with Crippen LogP contribution in [0.15, 0.2) is 66.9 Å². The third-order valence-electron chi connectivity index (χ3n) is 5.00. The molecule has 1 saturated heterocycles. The van der Waals surface area contributed by atoms with E-state index in [1.54, 1.807) is 10.9 Å². The lowest BCUT2D eigenvalue weighted by Crippen LogP contribution is -2.38. The zero-order valence-corrected chi connectivity index (χ0v) is 14.7. The summed E-state index contributed by atoms with van der Waals surface area (Å²) in [6.07, 6.45) is 3.74. The number of aromatic nitrogens is 3. The molecule has 3 aromatic rings. The van der Waals surface area contributed by atoms with E-state index in [9.17, 15) is 4.79 Å². The molecule has 0 unspecified atom stereocenters. The number of piperidine rings is 1. The SMILES string of the molecule is O=C(c1cn(Cc2ccccc2)nn1)N1CCC(c2ccccc2)CC1. The van der Waals surface area contributed by atoms with Gasteiger partial charge < -0.3 is 4.90 Å². The Morgan fingerprint density at radius 3 is 2.31 bits per heavy atom. The van der Waals surface area contributed by atoms with Gasteiger partial charge in [0, 0.05) is 13.1 Å². The molecule has 1 aromatic heterocycles. The van der Waals surface area contributed by atoms with Crippen LogP contribution in [0.4, 0.5) is 0 Å². The Morgan fingerprint density at radius 1 is 0.962 bits per heavy atom. The van der Waals surface area contributed by atoms with Crippen molar-refractivity contribution < 1.29 is 4.79 Å². The fourth-order valence-corrected chi connectivity index (χ4v) is 3.55. The van der Waals surface area contributed by atoms with Crippen molar-refractivity contribution in [2.45, 2.75) is 25.3 Å². The fraction of sp³-hybridized carbons (Fsp3) is 0.286. The topological polar surface area (TPSA) is 51.0 Å². The van der Waals surface area contributed by atoms with E-state index in [2.05, 4.69) is 34.6 Å². The minimum Gasteiger partial charge on any atom is -0.337 e. The summed E-state index contributed by atoms with van der Waals surface area (Å²) in [7, 11) is 0. The zero-order valence-electron chi connectivity index (χ0n) is 14.7. The van der Waals surface area contributed by atoms with Crippen molar-refractivity contribution in [3.8, 4) is 0 Å². The van der Waals surface area contributed by atoms with Crippen LogP contribution in [0.25, 0.3) is 0 Å². The maximum absolute atomic E-state index is 12.7. The Morgan fingerprint density at radius 2 is 1.62 bits per heavy atom. The molecular formula is C21H22N4O. The van der Waals surface area contributed by atoms with Crippen LogP contribution in [-0.2, 0) is 6.54 Å². The first-order chi connectivity index (χ1) is 12.8. The number of rotatable bonds is 4. The maximum Gasteiger partial charge on any atom is 0.276 e. The van der Waals surface area contributed by atoms with E-state index < -0.39 is 0 Å². The molecule has 1 amide bonds. The first-order valence-electron chi connectivity index (χ1n) is 9.08. The van der Waals surface area contributed by atoms with Gasteiger partial charge in [0.15, 0.2) is 5.69 Å². The number of hydrogen-bond donors (Lipinski definition) is 0. The van der Waals surface area contributed by atoms with E-state index in [1.807, 2.05) is 41.3 Å². The average Bonchev–Trinajstić information content (AvgIpc) is 3.17. The predicted molar refractivity (Wildman–Crippen MR) is 99.9 cm³/mol. The highest BCUT2D eigenvalue weighted by atomic mass is 16.2. The van der Waals surface area contributed by atoms with Crippen LogP contribution in [-0.4, -0.2) is 38.9 Å².